The predicted molar refractivity (Wildman–Crippen MR) is 229 cm³/mol. The molecule has 52 heavy (non-hydrogen) atoms. The minimum atomic E-state index is -2.64. The Kier molecular flexibility index (Phi) is 13.1. The van der Waals surface area contributed by atoms with Gasteiger partial charge in [0, 0.05) is 19.5 Å². The van der Waals surface area contributed by atoms with Crippen molar-refractivity contribution in [2.45, 2.75) is 88.0 Å². The number of rotatable bonds is 6. The van der Waals surface area contributed by atoms with Gasteiger partial charge in [-0.05, 0) is 0 Å². The average molecular weight is 841 g/mol. The van der Waals surface area contributed by atoms with Gasteiger partial charge in [-0.1, -0.05) is 0 Å². The van der Waals surface area contributed by atoms with Crippen molar-refractivity contribution in [1.29, 1.82) is 0 Å². The van der Waals surface area contributed by atoms with Gasteiger partial charge < -0.3 is 7.43 Å². The first kappa shape index (κ1) is 41.5. The zero-order valence-electron chi connectivity index (χ0n) is 34.3. The third kappa shape index (κ3) is 7.97. The topological polar surface area (TPSA) is 0 Å². The first-order valence-corrected chi connectivity index (χ1v) is 23.8. The number of aryl methyl sites for hydroxylation is 12. The molecular formula is C50H56SnZn-. The van der Waals surface area contributed by atoms with E-state index in [-0.39, 0.29) is 26.9 Å². The van der Waals surface area contributed by atoms with Crippen molar-refractivity contribution in [1.82, 2.24) is 0 Å². The van der Waals surface area contributed by atoms with E-state index in [2.05, 4.69) is 173 Å². The normalized spacial score (nSPS) is 11.0. The van der Waals surface area contributed by atoms with E-state index in [9.17, 15) is 0 Å². The first-order chi connectivity index (χ1) is 23.6. The van der Waals surface area contributed by atoms with E-state index in [1.165, 1.54) is 111 Å². The van der Waals surface area contributed by atoms with Crippen LogP contribution in [-0.2, 0) is 19.5 Å². The van der Waals surface area contributed by atoms with Gasteiger partial charge in [-0.25, -0.2) is 0 Å². The maximum atomic E-state index is 2.63. The van der Waals surface area contributed by atoms with Crippen LogP contribution < -0.4 is 7.16 Å². The van der Waals surface area contributed by atoms with E-state index in [0.717, 1.165) is 0 Å². The Morgan fingerprint density at radius 2 is 0.558 bits per heavy atom. The molecule has 6 rings (SSSR count). The molecule has 263 valence electrons. The molecule has 0 fully saturated rings. The third-order valence-corrected chi connectivity index (χ3v) is 17.6. The van der Waals surface area contributed by atoms with Crippen molar-refractivity contribution in [3.05, 3.63) is 159 Å². The molecule has 0 atom stereocenters. The summed E-state index contributed by atoms with van der Waals surface area (Å²) in [5.74, 6) is 0. The van der Waals surface area contributed by atoms with Gasteiger partial charge in [-0.2, -0.15) is 0 Å². The number of hydrogen-bond donors (Lipinski definition) is 0. The third-order valence-electron chi connectivity index (χ3n) is 10.7. The summed E-state index contributed by atoms with van der Waals surface area (Å²) in [4.78, 5) is 2.63. The van der Waals surface area contributed by atoms with Crippen molar-refractivity contribution in [2.24, 2.45) is 0 Å². The summed E-state index contributed by atoms with van der Waals surface area (Å²) >= 11 is -2.64. The molecule has 6 aromatic carbocycles. The molecule has 0 unspecified atom stereocenters. The van der Waals surface area contributed by atoms with Crippen molar-refractivity contribution in [3.63, 3.8) is 0 Å². The fourth-order valence-corrected chi connectivity index (χ4v) is 15.5. The van der Waals surface area contributed by atoms with E-state index >= 15 is 0 Å². The molecule has 0 saturated carbocycles. The second-order valence-electron chi connectivity index (χ2n) is 15.2. The Bertz CT molecular complexity index is 2050. The smallest absolute Gasteiger partial charge is 0 e. The summed E-state index contributed by atoms with van der Waals surface area (Å²) in [6.45, 7) is 27.2. The van der Waals surface area contributed by atoms with Crippen molar-refractivity contribution in [3.8, 4) is 44.5 Å². The Hall–Kier alpha value is -3.26. The van der Waals surface area contributed by atoms with Crippen LogP contribution in [0, 0.1) is 90.5 Å². The molecule has 1 radical (unpaired) electrons. The molecule has 2 heteroatoms. The molecule has 0 aliphatic heterocycles. The fourth-order valence-electron chi connectivity index (χ4n) is 9.08. The largest absolute Gasteiger partial charge is 0.358 e. The van der Waals surface area contributed by atoms with Crippen LogP contribution in [0.4, 0.5) is 0 Å². The molecule has 0 amide bonds. The zero-order valence-corrected chi connectivity index (χ0v) is 40.1. The van der Waals surface area contributed by atoms with Gasteiger partial charge in [0.2, 0.25) is 0 Å². The van der Waals surface area contributed by atoms with Gasteiger partial charge in [0.05, 0.1) is 0 Å². The molecule has 6 aromatic rings. The van der Waals surface area contributed by atoms with Crippen LogP contribution in [0.25, 0.3) is 44.5 Å². The summed E-state index contributed by atoms with van der Waals surface area (Å²) in [7, 11) is 0. The second-order valence-corrected chi connectivity index (χ2v) is 21.9. The molecule has 0 N–H and O–H groups in total. The molecule has 0 bridgehead atoms. The molecule has 0 saturated heterocycles. The van der Waals surface area contributed by atoms with E-state index in [0.29, 0.717) is 0 Å². The maximum Gasteiger partial charge on any atom is 0 e. The van der Waals surface area contributed by atoms with Gasteiger partial charge in [0.15, 0.2) is 0 Å². The maximum absolute atomic E-state index is 2.64. The average Bonchev–Trinajstić information content (AvgIpc) is 3.00. The van der Waals surface area contributed by atoms with Crippen LogP contribution in [-0.4, -0.2) is 19.8 Å². The molecule has 0 spiro atoms. The summed E-state index contributed by atoms with van der Waals surface area (Å²) in [5.41, 5.74) is 27.2. The number of benzene rings is 6. The van der Waals surface area contributed by atoms with Crippen LogP contribution in [0.15, 0.2) is 84.9 Å². The number of hydrogen-bond acceptors (Lipinski definition) is 0. The summed E-state index contributed by atoms with van der Waals surface area (Å²) in [6, 6.07) is 33.7. The minimum absolute atomic E-state index is 0. The standard InChI is InChI=1S/2C24H25.2CH3.Sn.Zn/c2*1-15-11-17(3)23(18(4)12-15)21-7-9-22(10-8-21)24-19(5)13-16(2)14-20(24)6;;;;/h2*7-9,11-14H,1-6H3;2*1H3;;/q;;;-1;;. The Morgan fingerprint density at radius 3 is 0.808 bits per heavy atom. The molecule has 0 aliphatic carbocycles. The Balaban J connectivity index is 0.00000302. The Labute approximate surface area is 335 Å². The first-order valence-electron chi connectivity index (χ1n) is 18.1. The van der Waals surface area contributed by atoms with E-state index in [4.69, 9.17) is 0 Å². The van der Waals surface area contributed by atoms with Crippen LogP contribution in [0.2, 0.25) is 4.94 Å². The van der Waals surface area contributed by atoms with E-state index in [1.807, 2.05) is 0 Å². The van der Waals surface area contributed by atoms with Gasteiger partial charge in [0.1, 0.15) is 0 Å². The predicted octanol–water partition coefficient (Wildman–Crippen LogP) is 12.7. The van der Waals surface area contributed by atoms with Gasteiger partial charge in [0.25, 0.3) is 0 Å². The Morgan fingerprint density at radius 1 is 0.327 bits per heavy atom. The molecule has 0 aliphatic rings. The second kappa shape index (κ2) is 16.4. The van der Waals surface area contributed by atoms with Crippen LogP contribution in [0.3, 0.4) is 0 Å². The monoisotopic (exact) mass is 840 g/mol. The van der Waals surface area contributed by atoms with Crippen molar-refractivity contribution < 1.29 is 19.5 Å². The summed E-state index contributed by atoms with van der Waals surface area (Å²) in [5, 5.41) is 0. The fraction of sp³-hybridized carbons (Fsp3) is 0.260. The van der Waals surface area contributed by atoms with Crippen LogP contribution >= 0.6 is 0 Å². The van der Waals surface area contributed by atoms with Gasteiger partial charge in [-0.3, -0.25) is 0 Å². The zero-order chi connectivity index (χ0) is 36.2. The van der Waals surface area contributed by atoms with Crippen molar-refractivity contribution >= 4 is 26.9 Å². The summed E-state index contributed by atoms with van der Waals surface area (Å²) < 4.78 is 3.13. The van der Waals surface area contributed by atoms with Crippen LogP contribution in [0.5, 0.6) is 0 Å². The van der Waals surface area contributed by atoms with Gasteiger partial charge in [-0.15, -0.1) is 0 Å². The molecule has 0 heterocycles. The quantitative estimate of drug-likeness (QED) is 0.116. The summed E-state index contributed by atoms with van der Waals surface area (Å²) in [6.07, 6.45) is 0. The molecule has 0 aromatic heterocycles. The molecule has 0 nitrogen and oxygen atoms in total. The minimum Gasteiger partial charge on any atom is -0.358 e. The van der Waals surface area contributed by atoms with E-state index in [1.54, 1.807) is 7.16 Å². The van der Waals surface area contributed by atoms with Crippen LogP contribution in [0.1, 0.15) is 66.8 Å². The SMILES string of the molecule is Cc1cc(C)c(-c2ccc(-c3c(C)cc(C)cc3C)[c]([Sn]([CH3])[c]3cc(-c4c(C)cc(C)cc4C)ccc3-c3c(C)cc(C)cc3C)c2)c(C)c1.[CH3-].[Zn]. The van der Waals surface area contributed by atoms with E-state index < -0.39 is 19.8 Å². The molecular weight excluding hydrogens is 785 g/mol. The van der Waals surface area contributed by atoms with Gasteiger partial charge >= 0.3 is 311 Å². The van der Waals surface area contributed by atoms with Crippen molar-refractivity contribution in [2.75, 3.05) is 0 Å².